The van der Waals surface area contributed by atoms with Crippen LogP contribution in [0.4, 0.5) is 5.69 Å². The Morgan fingerprint density at radius 3 is 2.45 bits per heavy atom. The number of rotatable bonds is 2. The highest BCUT2D eigenvalue weighted by Crippen LogP contribution is 2.34. The van der Waals surface area contributed by atoms with E-state index >= 15 is 0 Å². The van der Waals surface area contributed by atoms with Crippen LogP contribution in [0.25, 0.3) is 0 Å². The molecular formula is C17H25BrN2. The third kappa shape index (κ3) is 3.44. The minimum absolute atomic E-state index is 0.0779. The fourth-order valence-electron chi connectivity index (χ4n) is 2.63. The van der Waals surface area contributed by atoms with Crippen molar-refractivity contribution in [1.29, 1.82) is 0 Å². The molecule has 20 heavy (non-hydrogen) atoms. The number of hydrogen-bond acceptors (Lipinski definition) is 2. The third-order valence-corrected chi connectivity index (χ3v) is 4.65. The maximum atomic E-state index is 5.93. The van der Waals surface area contributed by atoms with Crippen LogP contribution in [-0.4, -0.2) is 13.1 Å². The summed E-state index contributed by atoms with van der Waals surface area (Å²) in [5, 5.41) is 0. The lowest BCUT2D eigenvalue weighted by Crippen LogP contribution is -2.31. The molecular weight excluding hydrogens is 312 g/mol. The predicted molar refractivity (Wildman–Crippen MR) is 91.1 cm³/mol. The molecule has 110 valence electrons. The monoisotopic (exact) mass is 336 g/mol. The molecule has 0 amide bonds. The zero-order valence-electron chi connectivity index (χ0n) is 12.9. The second kappa shape index (κ2) is 5.90. The standard InChI is InChI=1S/C17H25BrN2/c1-12(19)13-5-6-16(15(18)11-13)20-9-7-14(8-10-20)17(2,3)4/h5-7,11-12H,8-10,19H2,1-4H3. The first-order valence-corrected chi connectivity index (χ1v) is 8.08. The van der Waals surface area contributed by atoms with Crippen LogP contribution in [0.5, 0.6) is 0 Å². The Kier molecular flexibility index (Phi) is 4.60. The van der Waals surface area contributed by atoms with E-state index in [4.69, 9.17) is 5.73 Å². The van der Waals surface area contributed by atoms with Crippen molar-refractivity contribution in [3.8, 4) is 0 Å². The van der Waals surface area contributed by atoms with E-state index in [1.165, 1.54) is 11.3 Å². The SMILES string of the molecule is CC(N)c1ccc(N2CC=C(C(C)(C)C)CC2)c(Br)c1. The summed E-state index contributed by atoms with van der Waals surface area (Å²) in [6.07, 6.45) is 3.53. The minimum atomic E-state index is 0.0779. The van der Waals surface area contributed by atoms with Gasteiger partial charge in [0.05, 0.1) is 5.69 Å². The highest BCUT2D eigenvalue weighted by molar-refractivity contribution is 9.10. The third-order valence-electron chi connectivity index (χ3n) is 4.01. The highest BCUT2D eigenvalue weighted by atomic mass is 79.9. The molecule has 0 saturated carbocycles. The summed E-state index contributed by atoms with van der Waals surface area (Å²) >= 11 is 3.69. The molecule has 1 atom stereocenters. The van der Waals surface area contributed by atoms with E-state index in [2.05, 4.69) is 65.9 Å². The summed E-state index contributed by atoms with van der Waals surface area (Å²) in [4.78, 5) is 2.42. The molecule has 1 aromatic rings. The summed E-state index contributed by atoms with van der Waals surface area (Å²) in [5.74, 6) is 0. The Morgan fingerprint density at radius 1 is 1.30 bits per heavy atom. The lowest BCUT2D eigenvalue weighted by Gasteiger charge is -2.34. The van der Waals surface area contributed by atoms with Gasteiger partial charge >= 0.3 is 0 Å². The van der Waals surface area contributed by atoms with Crippen molar-refractivity contribution < 1.29 is 0 Å². The second-order valence-electron chi connectivity index (χ2n) is 6.67. The molecule has 1 aliphatic heterocycles. The van der Waals surface area contributed by atoms with Gasteiger partial charge in [0, 0.05) is 23.6 Å². The zero-order valence-corrected chi connectivity index (χ0v) is 14.5. The van der Waals surface area contributed by atoms with Crippen LogP contribution in [-0.2, 0) is 0 Å². The van der Waals surface area contributed by atoms with Gasteiger partial charge in [-0.05, 0) is 52.4 Å². The van der Waals surface area contributed by atoms with Crippen LogP contribution < -0.4 is 10.6 Å². The van der Waals surface area contributed by atoms with E-state index in [1.54, 1.807) is 5.57 Å². The molecule has 2 nitrogen and oxygen atoms in total. The van der Waals surface area contributed by atoms with E-state index < -0.39 is 0 Å². The van der Waals surface area contributed by atoms with Crippen LogP contribution >= 0.6 is 15.9 Å². The molecule has 1 aliphatic rings. The molecule has 0 saturated heterocycles. The number of nitrogens with two attached hydrogens (primary N) is 1. The molecule has 2 rings (SSSR count). The topological polar surface area (TPSA) is 29.3 Å². The number of halogens is 1. The normalized spacial score (nSPS) is 17.9. The second-order valence-corrected chi connectivity index (χ2v) is 7.53. The summed E-state index contributed by atoms with van der Waals surface area (Å²) in [6, 6.07) is 6.53. The average molecular weight is 337 g/mol. The number of nitrogens with zero attached hydrogens (tertiary/aromatic N) is 1. The van der Waals surface area contributed by atoms with Gasteiger partial charge in [0.1, 0.15) is 0 Å². The summed E-state index contributed by atoms with van der Waals surface area (Å²) in [7, 11) is 0. The van der Waals surface area contributed by atoms with E-state index in [0.29, 0.717) is 5.41 Å². The highest BCUT2D eigenvalue weighted by Gasteiger charge is 2.22. The summed E-state index contributed by atoms with van der Waals surface area (Å²) in [5.41, 5.74) is 10.2. The Balaban J connectivity index is 2.17. The lowest BCUT2D eigenvalue weighted by atomic mass is 9.83. The Morgan fingerprint density at radius 2 is 2.00 bits per heavy atom. The molecule has 1 aromatic carbocycles. The summed E-state index contributed by atoms with van der Waals surface area (Å²) in [6.45, 7) is 11.0. The van der Waals surface area contributed by atoms with Gasteiger partial charge in [-0.25, -0.2) is 0 Å². The van der Waals surface area contributed by atoms with Crippen LogP contribution in [0.2, 0.25) is 0 Å². The van der Waals surface area contributed by atoms with Gasteiger partial charge in [-0.3, -0.25) is 0 Å². The van der Waals surface area contributed by atoms with Crippen LogP contribution in [0.1, 0.15) is 45.7 Å². The minimum Gasteiger partial charge on any atom is -0.367 e. The first-order chi connectivity index (χ1) is 9.29. The van der Waals surface area contributed by atoms with Crippen molar-refractivity contribution in [3.05, 3.63) is 39.9 Å². The van der Waals surface area contributed by atoms with Crippen molar-refractivity contribution in [1.82, 2.24) is 0 Å². The molecule has 2 N–H and O–H groups in total. The molecule has 0 bridgehead atoms. The first-order valence-electron chi connectivity index (χ1n) is 7.28. The van der Waals surface area contributed by atoms with E-state index in [9.17, 15) is 0 Å². The Labute approximate surface area is 131 Å². The predicted octanol–water partition coefficient (Wildman–Crippen LogP) is 4.65. The largest absolute Gasteiger partial charge is 0.367 e. The molecule has 1 heterocycles. The van der Waals surface area contributed by atoms with Crippen molar-refractivity contribution in [2.45, 2.75) is 40.2 Å². The van der Waals surface area contributed by atoms with Gasteiger partial charge in [0.25, 0.3) is 0 Å². The fourth-order valence-corrected chi connectivity index (χ4v) is 3.28. The van der Waals surface area contributed by atoms with E-state index in [-0.39, 0.29) is 6.04 Å². The van der Waals surface area contributed by atoms with Crippen LogP contribution in [0, 0.1) is 5.41 Å². The molecule has 0 spiro atoms. The van der Waals surface area contributed by atoms with Gasteiger partial charge in [-0.2, -0.15) is 0 Å². The fraction of sp³-hybridized carbons (Fsp3) is 0.529. The van der Waals surface area contributed by atoms with Crippen LogP contribution in [0.15, 0.2) is 34.3 Å². The Bertz CT molecular complexity index is 512. The van der Waals surface area contributed by atoms with E-state index in [1.807, 2.05) is 6.92 Å². The van der Waals surface area contributed by atoms with Crippen molar-refractivity contribution in [3.63, 3.8) is 0 Å². The summed E-state index contributed by atoms with van der Waals surface area (Å²) < 4.78 is 1.14. The van der Waals surface area contributed by atoms with Gasteiger partial charge in [0.15, 0.2) is 0 Å². The smallest absolute Gasteiger partial charge is 0.0513 e. The van der Waals surface area contributed by atoms with Crippen molar-refractivity contribution in [2.24, 2.45) is 11.1 Å². The average Bonchev–Trinajstić information content (AvgIpc) is 2.37. The van der Waals surface area contributed by atoms with E-state index in [0.717, 1.165) is 24.0 Å². The maximum absolute atomic E-state index is 5.93. The van der Waals surface area contributed by atoms with Crippen molar-refractivity contribution >= 4 is 21.6 Å². The molecule has 0 aromatic heterocycles. The maximum Gasteiger partial charge on any atom is 0.0513 e. The molecule has 0 fully saturated rings. The van der Waals surface area contributed by atoms with Gasteiger partial charge in [0.2, 0.25) is 0 Å². The van der Waals surface area contributed by atoms with Gasteiger partial charge < -0.3 is 10.6 Å². The zero-order chi connectivity index (χ0) is 14.9. The molecule has 3 heteroatoms. The number of hydrogen-bond donors (Lipinski definition) is 1. The Hall–Kier alpha value is -0.800. The molecule has 0 radical (unpaired) electrons. The molecule has 0 aliphatic carbocycles. The number of benzene rings is 1. The molecule has 1 unspecified atom stereocenters. The van der Waals surface area contributed by atoms with Crippen molar-refractivity contribution in [2.75, 3.05) is 18.0 Å². The van der Waals surface area contributed by atoms with Crippen LogP contribution in [0.3, 0.4) is 0 Å². The van der Waals surface area contributed by atoms with Gasteiger partial charge in [-0.1, -0.05) is 38.5 Å². The quantitative estimate of drug-likeness (QED) is 0.796. The lowest BCUT2D eigenvalue weighted by molar-refractivity contribution is 0.472. The number of anilines is 1. The van der Waals surface area contributed by atoms with Gasteiger partial charge in [-0.15, -0.1) is 0 Å². The first kappa shape index (κ1) is 15.6.